The molecule has 4 rings (SSSR count). The van der Waals surface area contributed by atoms with Crippen molar-refractivity contribution in [2.45, 2.75) is 123 Å². The van der Waals surface area contributed by atoms with Crippen molar-refractivity contribution in [3.8, 4) is 0 Å². The number of fused-ring (bicyclic) bond motifs is 5. The third-order valence-electron chi connectivity index (χ3n) is 12.1. The van der Waals surface area contributed by atoms with Crippen LogP contribution in [0.3, 0.4) is 0 Å². The molecule has 11 atom stereocenters. The van der Waals surface area contributed by atoms with Gasteiger partial charge in [0.1, 0.15) is 30.7 Å². The lowest BCUT2D eigenvalue weighted by molar-refractivity contribution is -0.232. The highest BCUT2D eigenvalue weighted by atomic mass is 32.2. The number of esters is 4. The fourth-order valence-electron chi connectivity index (χ4n) is 10.1. The number of hydrogen-bond acceptors (Lipinski definition) is 11. The average Bonchev–Trinajstić information content (AvgIpc) is 3.25. The first-order chi connectivity index (χ1) is 20.8. The molecule has 0 amide bonds. The predicted molar refractivity (Wildman–Crippen MR) is 162 cm³/mol. The van der Waals surface area contributed by atoms with Crippen LogP contribution in [0.1, 0.15) is 99.3 Å². The molecule has 13 heteroatoms. The van der Waals surface area contributed by atoms with Crippen LogP contribution in [0.2, 0.25) is 0 Å². The zero-order valence-electron chi connectivity index (χ0n) is 27.4. The van der Waals surface area contributed by atoms with Gasteiger partial charge in [-0.25, -0.2) is 0 Å². The third kappa shape index (κ3) is 7.05. The Kier molecular flexibility index (Phi) is 10.4. The van der Waals surface area contributed by atoms with E-state index in [1.54, 1.807) is 0 Å². The summed E-state index contributed by atoms with van der Waals surface area (Å²) in [5, 5.41) is 0. The second-order valence-electron chi connectivity index (χ2n) is 14.6. The van der Waals surface area contributed by atoms with E-state index in [0.29, 0.717) is 32.1 Å². The van der Waals surface area contributed by atoms with Gasteiger partial charge < -0.3 is 24.7 Å². The van der Waals surface area contributed by atoms with Crippen molar-refractivity contribution >= 4 is 34.0 Å². The summed E-state index contributed by atoms with van der Waals surface area (Å²) in [6, 6.07) is 0. The quantitative estimate of drug-likeness (QED) is 0.198. The van der Waals surface area contributed by atoms with Crippen LogP contribution in [0.15, 0.2) is 0 Å². The van der Waals surface area contributed by atoms with Crippen LogP contribution in [0, 0.1) is 40.4 Å². The van der Waals surface area contributed by atoms with Gasteiger partial charge in [0.2, 0.25) is 0 Å². The first kappa shape index (κ1) is 35.6. The lowest BCUT2D eigenvalue weighted by Crippen LogP contribution is -2.76. The van der Waals surface area contributed by atoms with E-state index in [1.165, 1.54) is 20.8 Å². The Labute approximate surface area is 266 Å². The van der Waals surface area contributed by atoms with E-state index >= 15 is 0 Å². The highest BCUT2D eigenvalue weighted by Crippen LogP contribution is 2.70. The molecule has 45 heavy (non-hydrogen) atoms. The molecular weight excluding hydrogens is 606 g/mol. The van der Waals surface area contributed by atoms with Gasteiger partial charge in [0, 0.05) is 50.5 Å². The zero-order chi connectivity index (χ0) is 33.5. The topological polar surface area (TPSA) is 186 Å². The molecule has 0 radical (unpaired) electrons. The van der Waals surface area contributed by atoms with E-state index in [4.69, 9.17) is 29.2 Å². The summed E-state index contributed by atoms with van der Waals surface area (Å²) in [6.07, 6.45) is 4.01. The highest BCUT2D eigenvalue weighted by molar-refractivity contribution is 7.85. The molecule has 4 saturated carbocycles. The molecule has 0 aromatic rings. The van der Waals surface area contributed by atoms with E-state index in [0.717, 1.165) is 19.3 Å². The Morgan fingerprint density at radius 2 is 1.60 bits per heavy atom. The van der Waals surface area contributed by atoms with Crippen LogP contribution in [0.25, 0.3) is 0 Å². The van der Waals surface area contributed by atoms with Gasteiger partial charge in [0.25, 0.3) is 10.1 Å². The summed E-state index contributed by atoms with van der Waals surface area (Å²) in [5.74, 6) is -2.39. The Balaban J connectivity index is 1.63. The van der Waals surface area contributed by atoms with Crippen molar-refractivity contribution in [1.82, 2.24) is 0 Å². The molecule has 0 heterocycles. The Morgan fingerprint density at radius 1 is 0.956 bits per heavy atom. The Morgan fingerprint density at radius 3 is 2.20 bits per heavy atom. The minimum atomic E-state index is -4.23. The molecule has 4 aliphatic rings. The molecule has 3 N–H and O–H groups in total. The maximum atomic E-state index is 12.6. The van der Waals surface area contributed by atoms with Crippen LogP contribution >= 0.6 is 0 Å². The monoisotopic (exact) mass is 657 g/mol. The molecule has 0 aromatic heterocycles. The van der Waals surface area contributed by atoms with Crippen molar-refractivity contribution in [2.75, 3.05) is 12.4 Å². The van der Waals surface area contributed by atoms with Crippen molar-refractivity contribution in [1.29, 1.82) is 0 Å². The summed E-state index contributed by atoms with van der Waals surface area (Å²) in [7, 11) is -4.23. The average molecular weight is 658 g/mol. The van der Waals surface area contributed by atoms with Gasteiger partial charge in [0.05, 0.1) is 0 Å². The summed E-state index contributed by atoms with van der Waals surface area (Å²) in [5.41, 5.74) is 5.92. The lowest BCUT2D eigenvalue weighted by Gasteiger charge is -2.68. The van der Waals surface area contributed by atoms with Crippen molar-refractivity contribution < 1.29 is 51.1 Å². The van der Waals surface area contributed by atoms with E-state index in [1.807, 2.05) is 0 Å². The smallest absolute Gasteiger partial charge is 0.305 e. The van der Waals surface area contributed by atoms with E-state index in [2.05, 4.69) is 20.8 Å². The van der Waals surface area contributed by atoms with Crippen molar-refractivity contribution in [2.24, 2.45) is 46.2 Å². The number of rotatable bonds is 10. The molecule has 4 fully saturated rings. The predicted octanol–water partition coefficient (Wildman–Crippen LogP) is 3.59. The van der Waals surface area contributed by atoms with Crippen LogP contribution in [-0.4, -0.2) is 73.1 Å². The van der Waals surface area contributed by atoms with Gasteiger partial charge in [-0.2, -0.15) is 8.42 Å². The zero-order valence-corrected chi connectivity index (χ0v) is 28.2. The van der Waals surface area contributed by atoms with E-state index < -0.39 is 57.6 Å². The standard InChI is InChI=1S/C32H51NO11S/c1-18(7-10-28(37)41-13-14-45(38,39)40)24-8-9-25-29-26(43-20(3)35)16-22-15-23(42-19(2)34)11-12-30(22,5)32(29,33)17-27(31(24,25)6)44-21(4)36/h18,22-27,29H,7-17,33H2,1-6H3,(H,38,39,40)/t18-,22?,23?,24-,25+,26?,27?,29-,30+,31-,32-/m1/s1. The fourth-order valence-corrected chi connectivity index (χ4v) is 10.4. The molecule has 0 spiro atoms. The second kappa shape index (κ2) is 13.1. The van der Waals surface area contributed by atoms with Gasteiger partial charge in [-0.1, -0.05) is 20.8 Å². The third-order valence-corrected chi connectivity index (χ3v) is 12.8. The van der Waals surface area contributed by atoms with Crippen molar-refractivity contribution in [3.63, 3.8) is 0 Å². The molecule has 0 aromatic carbocycles. The Hall–Kier alpha value is -2.25. The molecule has 12 nitrogen and oxygen atoms in total. The number of carbonyl (C=O) groups is 4. The first-order valence-electron chi connectivity index (χ1n) is 16.2. The van der Waals surface area contributed by atoms with Gasteiger partial charge in [0.15, 0.2) is 0 Å². The first-order valence-corrected chi connectivity index (χ1v) is 17.8. The molecule has 0 bridgehead atoms. The fraction of sp³-hybridized carbons (Fsp3) is 0.875. The largest absolute Gasteiger partial charge is 0.464 e. The van der Waals surface area contributed by atoms with Crippen LogP contribution in [0.4, 0.5) is 0 Å². The SMILES string of the molecule is CC(=O)OC1CC[C@@]2(C)C(C1)CC(OC(C)=O)[C@H]1[C@@H]3CC[C@H]([C@H](C)CCC(=O)OCCS(=O)(=O)O)[C@@]3(C)C(OC(C)=O)C[C@@]12N. The molecular formula is C32H51NO11S. The Bertz CT molecular complexity index is 1270. The lowest BCUT2D eigenvalue weighted by atomic mass is 9.39. The normalized spacial score (nSPS) is 39.8. The van der Waals surface area contributed by atoms with Crippen LogP contribution < -0.4 is 5.73 Å². The van der Waals surface area contributed by atoms with Crippen LogP contribution in [-0.2, 0) is 48.2 Å². The van der Waals surface area contributed by atoms with E-state index in [-0.39, 0.29) is 59.5 Å². The molecule has 0 aliphatic heterocycles. The highest BCUT2D eigenvalue weighted by Gasteiger charge is 2.72. The summed E-state index contributed by atoms with van der Waals surface area (Å²) in [6.45, 7) is 10.2. The number of hydrogen-bond donors (Lipinski definition) is 2. The minimum absolute atomic E-state index is 0.0238. The van der Waals surface area contributed by atoms with Crippen LogP contribution in [0.5, 0.6) is 0 Å². The molecule has 256 valence electrons. The van der Waals surface area contributed by atoms with Gasteiger partial charge in [-0.05, 0) is 74.0 Å². The second-order valence-corrected chi connectivity index (χ2v) is 16.1. The number of carbonyl (C=O) groups excluding carboxylic acids is 4. The summed E-state index contributed by atoms with van der Waals surface area (Å²) < 4.78 is 53.7. The maximum Gasteiger partial charge on any atom is 0.305 e. The van der Waals surface area contributed by atoms with Gasteiger partial charge in [-0.3, -0.25) is 23.7 Å². The van der Waals surface area contributed by atoms with Gasteiger partial charge >= 0.3 is 23.9 Å². The molecule has 4 aliphatic carbocycles. The summed E-state index contributed by atoms with van der Waals surface area (Å²) in [4.78, 5) is 49.2. The van der Waals surface area contributed by atoms with Gasteiger partial charge in [-0.15, -0.1) is 0 Å². The number of ether oxygens (including phenoxy) is 4. The number of nitrogens with two attached hydrogens (primary N) is 1. The van der Waals surface area contributed by atoms with Crippen molar-refractivity contribution in [3.05, 3.63) is 0 Å². The molecule has 4 unspecified atom stereocenters. The molecule has 0 saturated heterocycles. The van der Waals surface area contributed by atoms with E-state index in [9.17, 15) is 27.6 Å². The maximum absolute atomic E-state index is 12.6. The summed E-state index contributed by atoms with van der Waals surface area (Å²) >= 11 is 0. The minimum Gasteiger partial charge on any atom is -0.464 e.